The number of furan rings is 1. The molecule has 0 saturated heterocycles. The van der Waals surface area contributed by atoms with Crippen LogP contribution >= 0.6 is 0 Å². The van der Waals surface area contributed by atoms with Crippen molar-refractivity contribution in [2.45, 2.75) is 17.6 Å². The van der Waals surface area contributed by atoms with Crippen molar-refractivity contribution in [2.75, 3.05) is 5.32 Å². The van der Waals surface area contributed by atoms with Crippen LogP contribution < -0.4 is 10.0 Å². The molecular formula is C18H13F5N2O3S. The average molecular weight is 432 g/mol. The molecule has 5 nitrogen and oxygen atoms in total. The predicted molar refractivity (Wildman–Crippen MR) is 93.8 cm³/mol. The molecule has 0 bridgehead atoms. The zero-order valence-corrected chi connectivity index (χ0v) is 15.2. The third-order valence-electron chi connectivity index (χ3n) is 3.80. The van der Waals surface area contributed by atoms with Gasteiger partial charge >= 0.3 is 6.18 Å². The maximum Gasteiger partial charge on any atom is 0.417 e. The molecule has 0 spiro atoms. The topological polar surface area (TPSA) is 71.3 Å². The Morgan fingerprint density at radius 1 is 1.00 bits per heavy atom. The monoisotopic (exact) mass is 432 g/mol. The average Bonchev–Trinajstić information content (AvgIpc) is 3.15. The molecule has 0 atom stereocenters. The molecule has 1 aromatic heterocycles. The van der Waals surface area contributed by atoms with Gasteiger partial charge in [-0.3, -0.25) is 0 Å². The van der Waals surface area contributed by atoms with E-state index in [4.69, 9.17) is 4.42 Å². The lowest BCUT2D eigenvalue weighted by atomic mass is 10.2. The summed E-state index contributed by atoms with van der Waals surface area (Å²) in [5.41, 5.74) is -1.95. The summed E-state index contributed by atoms with van der Waals surface area (Å²) in [7, 11) is -4.53. The first-order valence-electron chi connectivity index (χ1n) is 8.01. The minimum absolute atomic E-state index is 0.215. The minimum atomic E-state index is -5.01. The van der Waals surface area contributed by atoms with Gasteiger partial charge in [0, 0.05) is 11.8 Å². The first-order chi connectivity index (χ1) is 13.6. The Kier molecular flexibility index (Phi) is 5.62. The summed E-state index contributed by atoms with van der Waals surface area (Å²) >= 11 is 0. The maximum absolute atomic E-state index is 13.7. The molecule has 0 amide bonds. The summed E-state index contributed by atoms with van der Waals surface area (Å²) in [6.07, 6.45) is -3.71. The van der Waals surface area contributed by atoms with Crippen LogP contribution in [0.1, 0.15) is 11.3 Å². The number of hydrogen-bond acceptors (Lipinski definition) is 4. The van der Waals surface area contributed by atoms with Gasteiger partial charge in [0.2, 0.25) is 10.0 Å². The van der Waals surface area contributed by atoms with Crippen LogP contribution in [0, 0.1) is 11.6 Å². The van der Waals surface area contributed by atoms with Gasteiger partial charge in [-0.15, -0.1) is 0 Å². The first-order valence-corrected chi connectivity index (χ1v) is 9.50. The van der Waals surface area contributed by atoms with Crippen LogP contribution in [0.25, 0.3) is 0 Å². The van der Waals surface area contributed by atoms with Crippen molar-refractivity contribution >= 4 is 21.4 Å². The quantitative estimate of drug-likeness (QED) is 0.549. The van der Waals surface area contributed by atoms with Gasteiger partial charge in [-0.1, -0.05) is 0 Å². The van der Waals surface area contributed by atoms with Crippen molar-refractivity contribution < 1.29 is 34.8 Å². The Morgan fingerprint density at radius 3 is 2.38 bits per heavy atom. The third-order valence-corrected chi connectivity index (χ3v) is 5.26. The van der Waals surface area contributed by atoms with Gasteiger partial charge in [0.1, 0.15) is 17.4 Å². The van der Waals surface area contributed by atoms with Crippen molar-refractivity contribution in [3.63, 3.8) is 0 Å². The summed E-state index contributed by atoms with van der Waals surface area (Å²) < 4.78 is 98.9. The summed E-state index contributed by atoms with van der Waals surface area (Å²) in [6, 6.07) is 7.77. The number of hydrogen-bond donors (Lipinski definition) is 2. The normalized spacial score (nSPS) is 12.2. The van der Waals surface area contributed by atoms with Crippen molar-refractivity contribution in [2.24, 2.45) is 0 Å². The van der Waals surface area contributed by atoms with E-state index >= 15 is 0 Å². The fourth-order valence-corrected chi connectivity index (χ4v) is 3.67. The van der Waals surface area contributed by atoms with Crippen LogP contribution in [0.4, 0.5) is 33.3 Å². The van der Waals surface area contributed by atoms with E-state index in [1.165, 1.54) is 18.4 Å². The van der Waals surface area contributed by atoms with E-state index < -0.39 is 38.3 Å². The van der Waals surface area contributed by atoms with Gasteiger partial charge in [0.05, 0.1) is 29.0 Å². The second kappa shape index (κ2) is 7.84. The molecule has 3 rings (SSSR count). The number of halogens is 5. The van der Waals surface area contributed by atoms with E-state index in [-0.39, 0.29) is 23.7 Å². The van der Waals surface area contributed by atoms with Gasteiger partial charge in [0.25, 0.3) is 0 Å². The smallest absolute Gasteiger partial charge is 0.417 e. The van der Waals surface area contributed by atoms with Crippen LogP contribution in [0.3, 0.4) is 0 Å². The Bertz CT molecular complexity index is 1110. The third kappa shape index (κ3) is 4.93. The van der Waals surface area contributed by atoms with Crippen LogP contribution in [0.5, 0.6) is 0 Å². The van der Waals surface area contributed by atoms with Gasteiger partial charge < -0.3 is 9.73 Å². The minimum Gasteiger partial charge on any atom is -0.468 e. The number of nitrogens with one attached hydrogen (secondary N) is 2. The van der Waals surface area contributed by atoms with Crippen molar-refractivity contribution in [3.05, 3.63) is 77.8 Å². The zero-order valence-electron chi connectivity index (χ0n) is 14.4. The lowest BCUT2D eigenvalue weighted by molar-refractivity contribution is -0.139. The highest BCUT2D eigenvalue weighted by molar-refractivity contribution is 7.89. The van der Waals surface area contributed by atoms with Crippen LogP contribution in [-0.2, 0) is 22.7 Å². The van der Waals surface area contributed by atoms with E-state index in [9.17, 15) is 30.4 Å². The Labute approximate surface area is 162 Å². The molecule has 2 aromatic carbocycles. The lowest BCUT2D eigenvalue weighted by Gasteiger charge is -2.16. The Hall–Kier alpha value is -2.92. The van der Waals surface area contributed by atoms with Gasteiger partial charge in [-0.25, -0.2) is 21.9 Å². The number of rotatable bonds is 6. The second-order valence-corrected chi connectivity index (χ2v) is 7.60. The molecule has 0 radical (unpaired) electrons. The summed E-state index contributed by atoms with van der Waals surface area (Å²) in [4.78, 5) is -0.998. The molecule has 0 aliphatic heterocycles. The second-order valence-electron chi connectivity index (χ2n) is 5.86. The highest BCUT2D eigenvalue weighted by Gasteiger charge is 2.37. The van der Waals surface area contributed by atoms with Crippen LogP contribution in [0.15, 0.2) is 64.1 Å². The van der Waals surface area contributed by atoms with Crippen LogP contribution in [-0.4, -0.2) is 8.42 Å². The van der Waals surface area contributed by atoms with E-state index in [1.54, 1.807) is 0 Å². The predicted octanol–water partition coefficient (Wildman–Crippen LogP) is 4.80. The summed E-state index contributed by atoms with van der Waals surface area (Å²) in [6.45, 7) is -0.340. The number of benzene rings is 2. The van der Waals surface area contributed by atoms with E-state index in [0.717, 1.165) is 24.3 Å². The molecule has 0 aliphatic rings. The number of alkyl halides is 3. The zero-order chi connectivity index (χ0) is 21.2. The van der Waals surface area contributed by atoms with Gasteiger partial charge in [0.15, 0.2) is 0 Å². The fourth-order valence-electron chi connectivity index (χ4n) is 2.47. The first kappa shape index (κ1) is 20.8. The number of sulfonamides is 1. The molecule has 29 heavy (non-hydrogen) atoms. The van der Waals surface area contributed by atoms with Gasteiger partial charge in [-0.2, -0.15) is 13.2 Å². The van der Waals surface area contributed by atoms with Crippen molar-refractivity contribution in [1.82, 2.24) is 4.72 Å². The SMILES string of the molecule is O=S(=O)(NCc1ccco1)c1ccc(Nc2ccc(F)cc2F)cc1C(F)(F)F. The van der Waals surface area contributed by atoms with E-state index in [1.807, 2.05) is 4.72 Å². The van der Waals surface area contributed by atoms with E-state index in [2.05, 4.69) is 5.32 Å². The molecule has 0 unspecified atom stereocenters. The summed E-state index contributed by atoms with van der Waals surface area (Å²) in [5, 5.41) is 2.37. The van der Waals surface area contributed by atoms with E-state index in [0.29, 0.717) is 12.1 Å². The molecule has 3 aromatic rings. The Morgan fingerprint density at radius 2 is 1.76 bits per heavy atom. The van der Waals surface area contributed by atoms with Gasteiger partial charge in [-0.05, 0) is 42.5 Å². The molecule has 11 heteroatoms. The summed E-state index contributed by atoms with van der Waals surface area (Å²) in [5.74, 6) is -1.66. The standard InChI is InChI=1S/C18H13F5N2O3S/c19-11-3-5-16(15(20)8-11)25-12-4-6-17(14(9-12)18(21,22)23)29(26,27)24-10-13-2-1-7-28-13/h1-9,24-25H,10H2. The molecule has 0 saturated carbocycles. The molecule has 0 fully saturated rings. The van der Waals surface area contributed by atoms with Crippen molar-refractivity contribution in [1.29, 1.82) is 0 Å². The highest BCUT2D eigenvalue weighted by Crippen LogP contribution is 2.36. The lowest BCUT2D eigenvalue weighted by Crippen LogP contribution is -2.26. The fraction of sp³-hybridized carbons (Fsp3) is 0.111. The largest absolute Gasteiger partial charge is 0.468 e. The van der Waals surface area contributed by atoms with Crippen molar-refractivity contribution in [3.8, 4) is 0 Å². The number of anilines is 2. The van der Waals surface area contributed by atoms with Crippen LogP contribution in [0.2, 0.25) is 0 Å². The highest BCUT2D eigenvalue weighted by atomic mass is 32.2. The molecule has 154 valence electrons. The molecular weight excluding hydrogens is 419 g/mol. The molecule has 1 heterocycles. The molecule has 0 aliphatic carbocycles. The maximum atomic E-state index is 13.7. The Balaban J connectivity index is 1.93. The molecule has 2 N–H and O–H groups in total.